The topological polar surface area (TPSA) is 37.3 Å². The first-order valence-corrected chi connectivity index (χ1v) is 6.96. The van der Waals surface area contributed by atoms with Crippen LogP contribution in [0.2, 0.25) is 0 Å². The van der Waals surface area contributed by atoms with Crippen LogP contribution in [-0.2, 0) is 4.79 Å². The number of rotatable bonds is 3. The molecule has 0 spiro atoms. The summed E-state index contributed by atoms with van der Waals surface area (Å²) >= 11 is 0. The highest BCUT2D eigenvalue weighted by Gasteiger charge is 2.54. The van der Waals surface area contributed by atoms with Gasteiger partial charge in [0, 0.05) is 6.42 Å². The van der Waals surface area contributed by atoms with Crippen LogP contribution < -0.4 is 0 Å². The minimum atomic E-state index is -0.0742. The molecule has 3 aliphatic carbocycles. The number of Topliss-reactive ketones (excluding diaryl/α,β-unsaturated/α-hetero) is 1. The van der Waals surface area contributed by atoms with Gasteiger partial charge >= 0.3 is 0 Å². The minimum absolute atomic E-state index is 0.0742. The lowest BCUT2D eigenvalue weighted by Gasteiger charge is -2.45. The highest BCUT2D eigenvalue weighted by Crippen LogP contribution is 2.59. The highest BCUT2D eigenvalue weighted by atomic mass is 16.3. The number of carbonyl (C=O) groups excluding carboxylic acids is 1. The quantitative estimate of drug-likeness (QED) is 0.815. The highest BCUT2D eigenvalue weighted by molar-refractivity contribution is 5.96. The zero-order chi connectivity index (χ0) is 12.2. The van der Waals surface area contributed by atoms with E-state index in [1.807, 2.05) is 6.92 Å². The summed E-state index contributed by atoms with van der Waals surface area (Å²) in [5, 5.41) is 10.0. The molecule has 94 valence electrons. The second kappa shape index (κ2) is 3.68. The number of ketones is 1. The number of allylic oxidation sites excluding steroid dienone is 2. The summed E-state index contributed by atoms with van der Waals surface area (Å²) in [4.78, 5) is 11.6. The standard InChI is InChI=1S/C15H22O2/c1-3-13(16)10-7-15(2,8-10)12-5-9-4-11(12)14(17)6-9/h7,9,11-12,14,17H,3-6,8H2,1-2H3. The molecular weight excluding hydrogens is 212 g/mol. The van der Waals surface area contributed by atoms with Gasteiger partial charge in [0.1, 0.15) is 0 Å². The van der Waals surface area contributed by atoms with Crippen molar-refractivity contribution in [2.75, 3.05) is 0 Å². The van der Waals surface area contributed by atoms with Gasteiger partial charge in [-0.2, -0.15) is 0 Å². The normalized spacial score (nSPS) is 47.8. The summed E-state index contributed by atoms with van der Waals surface area (Å²) in [6.45, 7) is 4.21. The van der Waals surface area contributed by atoms with Crippen molar-refractivity contribution in [1.29, 1.82) is 0 Å². The second-order valence-corrected chi connectivity index (χ2v) is 6.54. The predicted octanol–water partition coefficient (Wildman–Crippen LogP) is 2.71. The van der Waals surface area contributed by atoms with E-state index < -0.39 is 0 Å². The fourth-order valence-electron chi connectivity index (χ4n) is 4.50. The van der Waals surface area contributed by atoms with Gasteiger partial charge in [0.2, 0.25) is 0 Å². The molecule has 2 fully saturated rings. The number of hydrogen-bond donors (Lipinski definition) is 1. The van der Waals surface area contributed by atoms with Gasteiger partial charge in [0.15, 0.2) is 5.78 Å². The van der Waals surface area contributed by atoms with Gasteiger partial charge in [-0.05, 0) is 54.4 Å². The average molecular weight is 234 g/mol. The molecule has 3 rings (SSSR count). The van der Waals surface area contributed by atoms with Crippen LogP contribution in [0, 0.1) is 23.2 Å². The van der Waals surface area contributed by atoms with Crippen molar-refractivity contribution in [3.8, 4) is 0 Å². The summed E-state index contributed by atoms with van der Waals surface area (Å²) in [6.07, 6.45) is 7.20. The van der Waals surface area contributed by atoms with Crippen LogP contribution in [0.1, 0.15) is 46.0 Å². The monoisotopic (exact) mass is 234 g/mol. The van der Waals surface area contributed by atoms with Crippen LogP contribution >= 0.6 is 0 Å². The van der Waals surface area contributed by atoms with E-state index in [1.54, 1.807) is 0 Å². The molecule has 0 aromatic heterocycles. The summed E-state index contributed by atoms with van der Waals surface area (Å²) in [7, 11) is 0. The fraction of sp³-hybridized carbons (Fsp3) is 0.800. The Morgan fingerprint density at radius 1 is 1.47 bits per heavy atom. The summed E-state index contributed by atoms with van der Waals surface area (Å²) in [5.74, 6) is 2.17. The Morgan fingerprint density at radius 3 is 2.71 bits per heavy atom. The maximum absolute atomic E-state index is 11.6. The Hall–Kier alpha value is -0.630. The molecule has 17 heavy (non-hydrogen) atoms. The van der Waals surface area contributed by atoms with Crippen LogP contribution in [0.3, 0.4) is 0 Å². The van der Waals surface area contributed by atoms with Crippen molar-refractivity contribution in [3.05, 3.63) is 11.6 Å². The molecule has 0 heterocycles. The Labute approximate surface area is 103 Å². The first-order valence-electron chi connectivity index (χ1n) is 6.96. The number of fused-ring (bicyclic) bond motifs is 2. The first-order chi connectivity index (χ1) is 8.03. The van der Waals surface area contributed by atoms with Crippen molar-refractivity contribution in [2.45, 2.75) is 52.1 Å². The van der Waals surface area contributed by atoms with Gasteiger partial charge in [0.25, 0.3) is 0 Å². The smallest absolute Gasteiger partial charge is 0.158 e. The first kappa shape index (κ1) is 11.5. The van der Waals surface area contributed by atoms with Crippen LogP contribution in [0.15, 0.2) is 11.6 Å². The van der Waals surface area contributed by atoms with Gasteiger partial charge in [-0.3, -0.25) is 4.79 Å². The van der Waals surface area contributed by atoms with Gasteiger partial charge in [0.05, 0.1) is 6.10 Å². The third kappa shape index (κ3) is 1.61. The Kier molecular flexibility index (Phi) is 2.48. The second-order valence-electron chi connectivity index (χ2n) is 6.54. The van der Waals surface area contributed by atoms with E-state index in [-0.39, 0.29) is 11.5 Å². The third-order valence-electron chi connectivity index (χ3n) is 5.38. The Morgan fingerprint density at radius 2 is 2.18 bits per heavy atom. The van der Waals surface area contributed by atoms with E-state index in [0.717, 1.165) is 24.3 Å². The molecule has 2 nitrogen and oxygen atoms in total. The number of carbonyl (C=O) groups is 1. The largest absolute Gasteiger partial charge is 0.393 e. The van der Waals surface area contributed by atoms with Crippen molar-refractivity contribution in [2.24, 2.45) is 23.2 Å². The molecule has 3 aliphatic rings. The molecule has 0 aromatic rings. The lowest BCUT2D eigenvalue weighted by atomic mass is 9.59. The molecule has 0 aliphatic heterocycles. The maximum Gasteiger partial charge on any atom is 0.158 e. The summed E-state index contributed by atoms with van der Waals surface area (Å²) < 4.78 is 0. The van der Waals surface area contributed by atoms with E-state index in [9.17, 15) is 9.90 Å². The molecule has 2 bridgehead atoms. The summed E-state index contributed by atoms with van der Waals surface area (Å²) in [6, 6.07) is 0. The Bertz CT molecular complexity index is 384. The lowest BCUT2D eigenvalue weighted by molar-refractivity contribution is -0.116. The van der Waals surface area contributed by atoms with E-state index in [1.165, 1.54) is 12.8 Å². The van der Waals surface area contributed by atoms with Crippen LogP contribution in [-0.4, -0.2) is 17.0 Å². The van der Waals surface area contributed by atoms with E-state index in [0.29, 0.717) is 24.0 Å². The van der Waals surface area contributed by atoms with E-state index >= 15 is 0 Å². The van der Waals surface area contributed by atoms with Gasteiger partial charge < -0.3 is 5.11 Å². The van der Waals surface area contributed by atoms with Gasteiger partial charge in [-0.1, -0.05) is 19.9 Å². The average Bonchev–Trinajstić information content (AvgIpc) is 2.82. The SMILES string of the molecule is CCC(=O)C1=CC(C)(C2CC3CC(O)C2C3)C1. The number of aliphatic hydroxyl groups excluding tert-OH is 1. The predicted molar refractivity (Wildman–Crippen MR) is 66.4 cm³/mol. The molecule has 0 saturated heterocycles. The fourth-order valence-corrected chi connectivity index (χ4v) is 4.50. The van der Waals surface area contributed by atoms with Crippen molar-refractivity contribution in [3.63, 3.8) is 0 Å². The molecule has 2 heteroatoms. The third-order valence-corrected chi connectivity index (χ3v) is 5.38. The molecule has 5 atom stereocenters. The Balaban J connectivity index is 1.75. The van der Waals surface area contributed by atoms with Crippen LogP contribution in [0.5, 0.6) is 0 Å². The van der Waals surface area contributed by atoms with Gasteiger partial charge in [-0.25, -0.2) is 0 Å². The van der Waals surface area contributed by atoms with E-state index in [2.05, 4.69) is 13.0 Å². The molecule has 2 saturated carbocycles. The van der Waals surface area contributed by atoms with Crippen molar-refractivity contribution >= 4 is 5.78 Å². The molecular formula is C15H22O2. The van der Waals surface area contributed by atoms with Crippen molar-refractivity contribution < 1.29 is 9.90 Å². The molecule has 5 unspecified atom stereocenters. The number of aliphatic hydroxyl groups is 1. The molecule has 0 aromatic carbocycles. The minimum Gasteiger partial charge on any atom is -0.393 e. The van der Waals surface area contributed by atoms with Crippen molar-refractivity contribution in [1.82, 2.24) is 0 Å². The zero-order valence-corrected chi connectivity index (χ0v) is 10.8. The molecule has 1 N–H and O–H groups in total. The van der Waals surface area contributed by atoms with Crippen LogP contribution in [0.25, 0.3) is 0 Å². The van der Waals surface area contributed by atoms with E-state index in [4.69, 9.17) is 0 Å². The molecule has 0 amide bonds. The lowest BCUT2D eigenvalue weighted by Crippen LogP contribution is -2.40. The van der Waals surface area contributed by atoms with Gasteiger partial charge in [-0.15, -0.1) is 0 Å². The van der Waals surface area contributed by atoms with Crippen LogP contribution in [0.4, 0.5) is 0 Å². The maximum atomic E-state index is 11.6. The summed E-state index contributed by atoms with van der Waals surface area (Å²) in [5.41, 5.74) is 1.23. The zero-order valence-electron chi connectivity index (χ0n) is 10.8. The molecule has 0 radical (unpaired) electrons. The number of hydrogen-bond acceptors (Lipinski definition) is 2.